The van der Waals surface area contributed by atoms with Gasteiger partial charge in [-0.15, -0.1) is 0 Å². The number of hydrogen-bond donors (Lipinski definition) is 1. The van der Waals surface area contributed by atoms with Crippen LogP contribution in [0.2, 0.25) is 0 Å². The Bertz CT molecular complexity index is 960. The molecule has 1 aliphatic heterocycles. The largest absolute Gasteiger partial charge is 0.485 e. The third-order valence-corrected chi connectivity index (χ3v) is 5.93. The van der Waals surface area contributed by atoms with Crippen LogP contribution in [-0.4, -0.2) is 64.8 Å². The average Bonchev–Trinajstić information content (AvgIpc) is 2.66. The van der Waals surface area contributed by atoms with E-state index in [4.69, 9.17) is 4.74 Å². The first-order chi connectivity index (χ1) is 13.8. The third kappa shape index (κ3) is 5.48. The lowest BCUT2D eigenvalue weighted by atomic mass is 10.2. The zero-order valence-electron chi connectivity index (χ0n) is 17.0. The number of nitrogens with zero attached hydrogens (tertiary/aromatic N) is 2. The molecular formula is C21H27N3O4S. The lowest BCUT2D eigenvalue weighted by Crippen LogP contribution is -2.46. The van der Waals surface area contributed by atoms with E-state index in [9.17, 15) is 13.2 Å². The molecule has 0 radical (unpaired) electrons. The van der Waals surface area contributed by atoms with Gasteiger partial charge in [0.2, 0.25) is 5.91 Å². The minimum atomic E-state index is -3.25. The molecule has 0 saturated carbocycles. The molecule has 7 nitrogen and oxygen atoms in total. The van der Waals surface area contributed by atoms with Crippen molar-refractivity contribution in [2.75, 3.05) is 49.7 Å². The fraction of sp³-hybridized carbons (Fsp3) is 0.381. The summed E-state index contributed by atoms with van der Waals surface area (Å²) in [6.45, 7) is 4.61. The van der Waals surface area contributed by atoms with Crippen molar-refractivity contribution >= 4 is 27.1 Å². The van der Waals surface area contributed by atoms with Crippen LogP contribution in [0.25, 0.3) is 0 Å². The highest BCUT2D eigenvalue weighted by Gasteiger charge is 2.25. The lowest BCUT2D eigenvalue weighted by molar-refractivity contribution is -0.117. The summed E-state index contributed by atoms with van der Waals surface area (Å²) in [6.07, 6.45) is 1.12. The van der Waals surface area contributed by atoms with Crippen molar-refractivity contribution < 1.29 is 17.9 Å². The number of anilines is 2. The van der Waals surface area contributed by atoms with E-state index in [1.807, 2.05) is 30.1 Å². The van der Waals surface area contributed by atoms with Crippen LogP contribution in [-0.2, 0) is 14.6 Å². The Hall–Kier alpha value is -2.58. The van der Waals surface area contributed by atoms with Gasteiger partial charge in [0, 0.05) is 25.0 Å². The maximum atomic E-state index is 12.3. The Balaban J connectivity index is 1.54. The Labute approximate surface area is 172 Å². The average molecular weight is 418 g/mol. The number of fused-ring (bicyclic) bond motifs is 1. The second-order valence-electron chi connectivity index (χ2n) is 7.29. The SMILES string of the molecule is CCN1C[C@@H](CN(C)CC(=O)Nc2ccc(S(C)(=O)=O)cc2)Oc2ccccc21. The van der Waals surface area contributed by atoms with Crippen molar-refractivity contribution in [2.24, 2.45) is 0 Å². The van der Waals surface area contributed by atoms with Crippen LogP contribution in [0.4, 0.5) is 11.4 Å². The minimum absolute atomic E-state index is 0.0308. The van der Waals surface area contributed by atoms with Gasteiger partial charge in [-0.3, -0.25) is 9.69 Å². The number of sulfone groups is 1. The van der Waals surface area contributed by atoms with Crippen molar-refractivity contribution in [3.8, 4) is 5.75 Å². The molecule has 1 atom stereocenters. The summed E-state index contributed by atoms with van der Waals surface area (Å²) < 4.78 is 29.1. The van der Waals surface area contributed by atoms with Gasteiger partial charge in [0.25, 0.3) is 0 Å². The maximum absolute atomic E-state index is 12.3. The molecule has 0 aromatic heterocycles. The Morgan fingerprint density at radius 1 is 1.21 bits per heavy atom. The van der Waals surface area contributed by atoms with Crippen LogP contribution in [0.15, 0.2) is 53.4 Å². The molecule has 8 heteroatoms. The molecule has 3 rings (SSSR count). The van der Waals surface area contributed by atoms with E-state index in [-0.39, 0.29) is 23.5 Å². The van der Waals surface area contributed by atoms with E-state index < -0.39 is 9.84 Å². The predicted octanol–water partition coefficient (Wildman–Crippen LogP) is 2.25. The zero-order valence-corrected chi connectivity index (χ0v) is 17.8. The highest BCUT2D eigenvalue weighted by Crippen LogP contribution is 2.32. The molecule has 1 amide bonds. The molecule has 2 aromatic rings. The third-order valence-electron chi connectivity index (χ3n) is 4.80. The van der Waals surface area contributed by atoms with Gasteiger partial charge < -0.3 is 15.0 Å². The molecule has 0 saturated heterocycles. The molecule has 0 fully saturated rings. The number of benzene rings is 2. The Morgan fingerprint density at radius 3 is 2.55 bits per heavy atom. The van der Waals surface area contributed by atoms with Crippen molar-refractivity contribution in [3.63, 3.8) is 0 Å². The van der Waals surface area contributed by atoms with Gasteiger partial charge in [0.15, 0.2) is 9.84 Å². The van der Waals surface area contributed by atoms with Gasteiger partial charge in [-0.05, 0) is 50.4 Å². The number of amides is 1. The molecule has 29 heavy (non-hydrogen) atoms. The van der Waals surface area contributed by atoms with E-state index in [1.165, 1.54) is 12.1 Å². The van der Waals surface area contributed by atoms with Crippen molar-refractivity contribution in [1.82, 2.24) is 4.90 Å². The van der Waals surface area contributed by atoms with E-state index in [0.717, 1.165) is 30.8 Å². The molecule has 1 N–H and O–H groups in total. The molecule has 0 bridgehead atoms. The molecular weight excluding hydrogens is 390 g/mol. The van der Waals surface area contributed by atoms with E-state index >= 15 is 0 Å². The second-order valence-corrected chi connectivity index (χ2v) is 9.30. The van der Waals surface area contributed by atoms with Crippen LogP contribution in [0.5, 0.6) is 5.75 Å². The van der Waals surface area contributed by atoms with E-state index in [1.54, 1.807) is 12.1 Å². The standard InChI is InChI=1S/C21H27N3O4S/c1-4-24-14-17(28-20-8-6-5-7-19(20)24)13-23(2)15-21(25)22-16-9-11-18(12-10-16)29(3,26)27/h5-12,17H,4,13-15H2,1-3H3,(H,22,25)/t17-/m1/s1. The summed E-state index contributed by atoms with van der Waals surface area (Å²) >= 11 is 0. The van der Waals surface area contributed by atoms with Crippen LogP contribution in [0.1, 0.15) is 6.92 Å². The number of carbonyl (C=O) groups is 1. The Kier molecular flexibility index (Phi) is 6.44. The second kappa shape index (κ2) is 8.84. The number of carbonyl (C=O) groups excluding carboxylic acids is 1. The smallest absolute Gasteiger partial charge is 0.238 e. The zero-order chi connectivity index (χ0) is 21.0. The first-order valence-electron chi connectivity index (χ1n) is 9.55. The number of nitrogens with one attached hydrogen (secondary N) is 1. The van der Waals surface area contributed by atoms with Crippen LogP contribution >= 0.6 is 0 Å². The highest BCUT2D eigenvalue weighted by molar-refractivity contribution is 7.90. The minimum Gasteiger partial charge on any atom is -0.485 e. The summed E-state index contributed by atoms with van der Waals surface area (Å²) in [7, 11) is -1.37. The molecule has 0 unspecified atom stereocenters. The Morgan fingerprint density at radius 2 is 1.90 bits per heavy atom. The molecule has 156 valence electrons. The summed E-state index contributed by atoms with van der Waals surface area (Å²) in [4.78, 5) is 16.8. The quantitative estimate of drug-likeness (QED) is 0.744. The van der Waals surface area contributed by atoms with Gasteiger partial charge in [-0.25, -0.2) is 8.42 Å². The first kappa shape index (κ1) is 21.1. The molecule has 0 aliphatic carbocycles. The predicted molar refractivity (Wildman–Crippen MR) is 114 cm³/mol. The van der Waals surface area contributed by atoms with Crippen LogP contribution in [0.3, 0.4) is 0 Å². The summed E-state index contributed by atoms with van der Waals surface area (Å²) in [5.41, 5.74) is 1.67. The van der Waals surface area contributed by atoms with Gasteiger partial charge in [0.05, 0.1) is 23.7 Å². The van der Waals surface area contributed by atoms with Crippen LogP contribution in [0, 0.1) is 0 Å². The normalized spacial score (nSPS) is 16.3. The topological polar surface area (TPSA) is 79.0 Å². The van der Waals surface area contributed by atoms with Crippen LogP contribution < -0.4 is 15.0 Å². The number of rotatable bonds is 7. The fourth-order valence-electron chi connectivity index (χ4n) is 3.42. The number of hydrogen-bond acceptors (Lipinski definition) is 6. The number of ether oxygens (including phenoxy) is 1. The van der Waals surface area contributed by atoms with E-state index in [0.29, 0.717) is 12.2 Å². The molecule has 1 heterocycles. The molecule has 1 aliphatic rings. The van der Waals surface area contributed by atoms with Gasteiger partial charge in [-0.1, -0.05) is 12.1 Å². The van der Waals surface area contributed by atoms with Crippen molar-refractivity contribution in [3.05, 3.63) is 48.5 Å². The van der Waals surface area contributed by atoms with E-state index in [2.05, 4.69) is 23.2 Å². The van der Waals surface area contributed by atoms with Gasteiger partial charge in [0.1, 0.15) is 11.9 Å². The number of para-hydroxylation sites is 2. The highest BCUT2D eigenvalue weighted by atomic mass is 32.2. The molecule has 0 spiro atoms. The molecule has 2 aromatic carbocycles. The number of likely N-dealkylation sites (N-methyl/N-ethyl adjacent to an activating group) is 2. The summed E-state index contributed by atoms with van der Waals surface area (Å²) in [6, 6.07) is 14.1. The van der Waals surface area contributed by atoms with Crippen molar-refractivity contribution in [1.29, 1.82) is 0 Å². The summed E-state index contributed by atoms with van der Waals surface area (Å²) in [5.74, 6) is 0.706. The lowest BCUT2D eigenvalue weighted by Gasteiger charge is -2.37. The van der Waals surface area contributed by atoms with Gasteiger partial charge in [-0.2, -0.15) is 0 Å². The monoisotopic (exact) mass is 417 g/mol. The summed E-state index contributed by atoms with van der Waals surface area (Å²) in [5, 5.41) is 2.80. The maximum Gasteiger partial charge on any atom is 0.238 e. The fourth-order valence-corrected chi connectivity index (χ4v) is 4.05. The van der Waals surface area contributed by atoms with Gasteiger partial charge >= 0.3 is 0 Å². The first-order valence-corrected chi connectivity index (χ1v) is 11.4. The van der Waals surface area contributed by atoms with Crippen molar-refractivity contribution in [2.45, 2.75) is 17.9 Å².